The van der Waals surface area contributed by atoms with Crippen molar-refractivity contribution < 1.29 is 14.3 Å². The topological polar surface area (TPSA) is 49.3 Å². The van der Waals surface area contributed by atoms with Gasteiger partial charge in [-0.3, -0.25) is 0 Å². The van der Waals surface area contributed by atoms with Gasteiger partial charge in [-0.2, -0.15) is 0 Å². The predicted octanol–water partition coefficient (Wildman–Crippen LogP) is 1.64. The molecule has 0 spiro atoms. The van der Waals surface area contributed by atoms with Crippen LogP contribution in [0.4, 0.5) is 10.1 Å². The normalized spacial score (nSPS) is 19.6. The van der Waals surface area contributed by atoms with Crippen LogP contribution in [0.25, 0.3) is 0 Å². The smallest absolute Gasteiger partial charge is 0.326 e. The standard InChI is InChI=1S/C10H10FNO2/c11-7-3-1-6-2-4-8(10(13)14)12-9(6)5-7/h1,3,5,8,12H,2,4H2,(H,13,14)/t8-/m0/s1. The van der Waals surface area contributed by atoms with E-state index in [2.05, 4.69) is 5.32 Å². The number of hydrogen-bond donors (Lipinski definition) is 2. The zero-order chi connectivity index (χ0) is 10.1. The Morgan fingerprint density at radius 2 is 2.36 bits per heavy atom. The Morgan fingerprint density at radius 3 is 3.07 bits per heavy atom. The van der Waals surface area contributed by atoms with Crippen LogP contribution >= 0.6 is 0 Å². The average Bonchev–Trinajstić information content (AvgIpc) is 2.16. The van der Waals surface area contributed by atoms with E-state index in [9.17, 15) is 9.18 Å². The summed E-state index contributed by atoms with van der Waals surface area (Å²) in [7, 11) is 0. The van der Waals surface area contributed by atoms with E-state index in [1.165, 1.54) is 12.1 Å². The third kappa shape index (κ3) is 1.55. The molecule has 1 aliphatic heterocycles. The van der Waals surface area contributed by atoms with Crippen molar-refractivity contribution in [2.45, 2.75) is 18.9 Å². The molecule has 0 aromatic heterocycles. The van der Waals surface area contributed by atoms with E-state index < -0.39 is 12.0 Å². The van der Waals surface area contributed by atoms with Gasteiger partial charge in [0.2, 0.25) is 0 Å². The van der Waals surface area contributed by atoms with E-state index in [0.29, 0.717) is 18.5 Å². The number of hydrogen-bond acceptors (Lipinski definition) is 2. The number of nitrogens with one attached hydrogen (secondary N) is 1. The lowest BCUT2D eigenvalue weighted by molar-refractivity contribution is -0.138. The van der Waals surface area contributed by atoms with Gasteiger partial charge in [-0.15, -0.1) is 0 Å². The van der Waals surface area contributed by atoms with Crippen LogP contribution in [0.1, 0.15) is 12.0 Å². The molecule has 0 aliphatic carbocycles. The van der Waals surface area contributed by atoms with Crippen molar-refractivity contribution in [3.8, 4) is 0 Å². The molecule has 0 unspecified atom stereocenters. The van der Waals surface area contributed by atoms with E-state index in [-0.39, 0.29) is 5.82 Å². The number of anilines is 1. The molecule has 14 heavy (non-hydrogen) atoms. The van der Waals surface area contributed by atoms with Crippen LogP contribution in [-0.2, 0) is 11.2 Å². The fourth-order valence-corrected chi connectivity index (χ4v) is 1.65. The predicted molar refractivity (Wildman–Crippen MR) is 49.8 cm³/mol. The molecule has 4 heteroatoms. The summed E-state index contributed by atoms with van der Waals surface area (Å²) in [5.41, 5.74) is 1.58. The second kappa shape index (κ2) is 3.29. The zero-order valence-corrected chi connectivity index (χ0v) is 7.46. The molecule has 1 aromatic carbocycles. The minimum atomic E-state index is -0.889. The number of halogens is 1. The maximum atomic E-state index is 12.8. The molecule has 1 atom stereocenters. The van der Waals surface area contributed by atoms with Gasteiger partial charge in [-0.1, -0.05) is 6.07 Å². The second-order valence-corrected chi connectivity index (χ2v) is 3.38. The quantitative estimate of drug-likeness (QED) is 0.716. The van der Waals surface area contributed by atoms with Gasteiger partial charge < -0.3 is 10.4 Å². The summed E-state index contributed by atoms with van der Waals surface area (Å²) in [6.07, 6.45) is 1.23. The first-order valence-electron chi connectivity index (χ1n) is 4.44. The van der Waals surface area contributed by atoms with Crippen molar-refractivity contribution >= 4 is 11.7 Å². The van der Waals surface area contributed by atoms with Crippen LogP contribution in [0.3, 0.4) is 0 Å². The highest BCUT2D eigenvalue weighted by Gasteiger charge is 2.23. The van der Waals surface area contributed by atoms with Crippen molar-refractivity contribution in [1.82, 2.24) is 0 Å². The first-order valence-corrected chi connectivity index (χ1v) is 4.44. The Balaban J connectivity index is 2.29. The van der Waals surface area contributed by atoms with Gasteiger partial charge in [0, 0.05) is 5.69 Å². The fourth-order valence-electron chi connectivity index (χ4n) is 1.65. The molecule has 0 fully saturated rings. The van der Waals surface area contributed by atoms with Gasteiger partial charge in [-0.25, -0.2) is 9.18 Å². The fraction of sp³-hybridized carbons (Fsp3) is 0.300. The van der Waals surface area contributed by atoms with Crippen LogP contribution in [0, 0.1) is 5.82 Å². The average molecular weight is 195 g/mol. The van der Waals surface area contributed by atoms with E-state index in [4.69, 9.17) is 5.11 Å². The molecule has 0 saturated carbocycles. The number of benzene rings is 1. The summed E-state index contributed by atoms with van der Waals surface area (Å²) in [6, 6.07) is 3.83. The first-order chi connectivity index (χ1) is 6.66. The highest BCUT2D eigenvalue weighted by Crippen LogP contribution is 2.25. The third-order valence-electron chi connectivity index (χ3n) is 2.40. The largest absolute Gasteiger partial charge is 0.480 e. The monoisotopic (exact) mass is 195 g/mol. The van der Waals surface area contributed by atoms with E-state index in [1.807, 2.05) is 0 Å². The van der Waals surface area contributed by atoms with Crippen molar-refractivity contribution in [1.29, 1.82) is 0 Å². The molecule has 2 rings (SSSR count). The SMILES string of the molecule is O=C(O)[C@@H]1CCc2ccc(F)cc2N1. The minimum Gasteiger partial charge on any atom is -0.480 e. The Labute approximate surface area is 80.6 Å². The van der Waals surface area contributed by atoms with Crippen LogP contribution in [0.2, 0.25) is 0 Å². The van der Waals surface area contributed by atoms with Crippen LogP contribution < -0.4 is 5.32 Å². The molecule has 0 saturated heterocycles. The number of rotatable bonds is 1. The summed E-state index contributed by atoms with van der Waals surface area (Å²) < 4.78 is 12.8. The van der Waals surface area contributed by atoms with E-state index in [0.717, 1.165) is 5.56 Å². The van der Waals surface area contributed by atoms with Crippen LogP contribution in [0.15, 0.2) is 18.2 Å². The molecule has 2 N–H and O–H groups in total. The lowest BCUT2D eigenvalue weighted by Gasteiger charge is -2.23. The number of carboxylic acids is 1. The molecule has 0 bridgehead atoms. The zero-order valence-electron chi connectivity index (χ0n) is 7.46. The Kier molecular flexibility index (Phi) is 2.11. The molecule has 1 aliphatic rings. The summed E-state index contributed by atoms with van der Waals surface area (Å²) in [6.45, 7) is 0. The van der Waals surface area contributed by atoms with Crippen molar-refractivity contribution in [3.05, 3.63) is 29.6 Å². The van der Waals surface area contributed by atoms with Crippen molar-refractivity contribution in [2.75, 3.05) is 5.32 Å². The number of aliphatic carboxylic acids is 1. The Morgan fingerprint density at radius 1 is 1.57 bits per heavy atom. The summed E-state index contributed by atoms with van der Waals surface area (Å²) in [4.78, 5) is 10.7. The number of aryl methyl sites for hydroxylation is 1. The molecule has 0 amide bonds. The molecule has 1 aromatic rings. The Hall–Kier alpha value is -1.58. The number of carbonyl (C=O) groups is 1. The van der Waals surface area contributed by atoms with E-state index >= 15 is 0 Å². The van der Waals surface area contributed by atoms with Gasteiger partial charge in [0.05, 0.1) is 0 Å². The molecular formula is C10H10FNO2. The highest BCUT2D eigenvalue weighted by molar-refractivity contribution is 5.78. The van der Waals surface area contributed by atoms with Gasteiger partial charge in [0.1, 0.15) is 11.9 Å². The molecular weight excluding hydrogens is 185 g/mol. The van der Waals surface area contributed by atoms with Gasteiger partial charge >= 0.3 is 5.97 Å². The molecule has 3 nitrogen and oxygen atoms in total. The van der Waals surface area contributed by atoms with Gasteiger partial charge in [0.25, 0.3) is 0 Å². The van der Waals surface area contributed by atoms with Crippen molar-refractivity contribution in [2.24, 2.45) is 0 Å². The van der Waals surface area contributed by atoms with Gasteiger partial charge in [0.15, 0.2) is 0 Å². The highest BCUT2D eigenvalue weighted by atomic mass is 19.1. The van der Waals surface area contributed by atoms with Gasteiger partial charge in [-0.05, 0) is 30.5 Å². The minimum absolute atomic E-state index is 0.345. The third-order valence-corrected chi connectivity index (χ3v) is 2.40. The van der Waals surface area contributed by atoms with E-state index in [1.54, 1.807) is 6.07 Å². The van der Waals surface area contributed by atoms with Crippen molar-refractivity contribution in [3.63, 3.8) is 0 Å². The molecule has 74 valence electrons. The number of fused-ring (bicyclic) bond motifs is 1. The first kappa shape index (κ1) is 8.99. The summed E-state index contributed by atoms with van der Waals surface area (Å²) in [5.74, 6) is -1.23. The summed E-state index contributed by atoms with van der Waals surface area (Å²) >= 11 is 0. The lowest BCUT2D eigenvalue weighted by atomic mass is 9.98. The lowest BCUT2D eigenvalue weighted by Crippen LogP contribution is -2.33. The molecule has 1 heterocycles. The Bertz CT molecular complexity index is 378. The van der Waals surface area contributed by atoms with Crippen LogP contribution in [-0.4, -0.2) is 17.1 Å². The number of carboxylic acid groups (broad SMARTS) is 1. The van der Waals surface area contributed by atoms with Crippen LogP contribution in [0.5, 0.6) is 0 Å². The summed E-state index contributed by atoms with van der Waals surface area (Å²) in [5, 5.41) is 11.6. The molecule has 0 radical (unpaired) electrons. The maximum Gasteiger partial charge on any atom is 0.326 e. The maximum absolute atomic E-state index is 12.8. The second-order valence-electron chi connectivity index (χ2n) is 3.38.